The molecular weight excluding hydrogens is 524 g/mol. The second-order valence-corrected chi connectivity index (χ2v) is 13.2. The van der Waals surface area contributed by atoms with Crippen molar-refractivity contribution in [1.82, 2.24) is 4.98 Å². The average Bonchev–Trinajstić information content (AvgIpc) is 3.53. The Morgan fingerprint density at radius 2 is 1.97 bits per heavy atom. The molecule has 0 fully saturated rings. The van der Waals surface area contributed by atoms with Crippen LogP contribution in [0.25, 0.3) is 26.6 Å². The predicted octanol–water partition coefficient (Wildman–Crippen LogP) is 8.90. The molecule has 2 aromatic heterocycles. The Balaban J connectivity index is 1.26. The number of aromatic nitrogens is 1. The molecule has 0 saturated heterocycles. The van der Waals surface area contributed by atoms with E-state index < -0.39 is 0 Å². The lowest BCUT2D eigenvalue weighted by Gasteiger charge is -2.39. The minimum Gasteiger partial charge on any atom is -0.494 e. The molecule has 3 aromatic carbocycles. The maximum absolute atomic E-state index is 13.7. The number of benzene rings is 3. The number of rotatable bonds is 5. The van der Waals surface area contributed by atoms with Crippen LogP contribution in [0.2, 0.25) is 0 Å². The van der Waals surface area contributed by atoms with Crippen LogP contribution < -0.4 is 10.1 Å². The summed E-state index contributed by atoms with van der Waals surface area (Å²) in [6.07, 6.45) is 1.38. The third-order valence-electron chi connectivity index (χ3n) is 7.47. The lowest BCUT2D eigenvalue weighted by atomic mass is 9.68. The molecule has 1 atom stereocenters. The molecule has 1 aliphatic carbocycles. The number of nitrogens with zero attached hydrogens (tertiary/aromatic N) is 1. The second kappa shape index (κ2) is 9.28. The third-order valence-corrected chi connectivity index (χ3v) is 9.46. The van der Waals surface area contributed by atoms with Crippen LogP contribution >= 0.6 is 23.1 Å². The molecule has 2 aliphatic rings. The molecular formula is C32H28N2O3S2. The normalized spacial score (nSPS) is 18.2. The summed E-state index contributed by atoms with van der Waals surface area (Å²) in [7, 11) is 0. The molecule has 0 amide bonds. The monoisotopic (exact) mass is 552 g/mol. The predicted molar refractivity (Wildman–Crippen MR) is 159 cm³/mol. The molecule has 1 N–H and O–H groups in total. The van der Waals surface area contributed by atoms with Crippen molar-refractivity contribution in [3.05, 3.63) is 83.6 Å². The van der Waals surface area contributed by atoms with Gasteiger partial charge in [-0.3, -0.25) is 4.79 Å². The Bertz CT molecular complexity index is 1800. The number of ketones is 1. The number of carbonyl (C=O) groups is 1. The molecule has 0 saturated carbocycles. The first-order chi connectivity index (χ1) is 18.9. The van der Waals surface area contributed by atoms with Crippen LogP contribution in [0, 0.1) is 5.41 Å². The highest BCUT2D eigenvalue weighted by Crippen LogP contribution is 2.52. The van der Waals surface area contributed by atoms with E-state index in [0.717, 1.165) is 60.0 Å². The highest BCUT2D eigenvalue weighted by molar-refractivity contribution is 8.01. The van der Waals surface area contributed by atoms with Gasteiger partial charge in [0.05, 0.1) is 16.8 Å². The molecule has 7 rings (SSSR count). The van der Waals surface area contributed by atoms with Gasteiger partial charge in [-0.2, -0.15) is 0 Å². The summed E-state index contributed by atoms with van der Waals surface area (Å²) in [5.41, 5.74) is 5.04. The molecule has 0 radical (unpaired) electrons. The highest BCUT2D eigenvalue weighted by Gasteiger charge is 2.41. The van der Waals surface area contributed by atoms with Crippen molar-refractivity contribution in [2.45, 2.75) is 49.1 Å². The number of allylic oxidation sites excluding steroid dienone is 1. The van der Waals surface area contributed by atoms with E-state index in [4.69, 9.17) is 14.1 Å². The van der Waals surface area contributed by atoms with E-state index in [1.165, 1.54) is 22.5 Å². The largest absolute Gasteiger partial charge is 0.494 e. The van der Waals surface area contributed by atoms with E-state index in [1.807, 2.05) is 37.3 Å². The van der Waals surface area contributed by atoms with Crippen molar-refractivity contribution in [3.8, 4) is 5.75 Å². The fourth-order valence-electron chi connectivity index (χ4n) is 5.87. The van der Waals surface area contributed by atoms with Gasteiger partial charge in [-0.25, -0.2) is 4.98 Å². The van der Waals surface area contributed by atoms with Crippen LogP contribution in [-0.2, 0) is 4.79 Å². The van der Waals surface area contributed by atoms with E-state index >= 15 is 0 Å². The fourth-order valence-corrected chi connectivity index (χ4v) is 7.86. The molecule has 0 unspecified atom stereocenters. The topological polar surface area (TPSA) is 64.4 Å². The van der Waals surface area contributed by atoms with Gasteiger partial charge in [-0.1, -0.05) is 44.2 Å². The lowest BCUT2D eigenvalue weighted by molar-refractivity contribution is -0.118. The van der Waals surface area contributed by atoms with Gasteiger partial charge in [0.1, 0.15) is 17.6 Å². The first-order valence-electron chi connectivity index (χ1n) is 13.2. The number of thiazole rings is 1. The van der Waals surface area contributed by atoms with Crippen molar-refractivity contribution in [3.63, 3.8) is 0 Å². The summed E-state index contributed by atoms with van der Waals surface area (Å²) in [5, 5.41) is 6.79. The van der Waals surface area contributed by atoms with Crippen LogP contribution in [0.15, 0.2) is 86.2 Å². The van der Waals surface area contributed by atoms with Gasteiger partial charge in [0.25, 0.3) is 0 Å². The van der Waals surface area contributed by atoms with Crippen molar-refractivity contribution < 1.29 is 13.9 Å². The quantitative estimate of drug-likeness (QED) is 0.235. The van der Waals surface area contributed by atoms with Crippen molar-refractivity contribution in [1.29, 1.82) is 0 Å². The fraction of sp³-hybridized carbons (Fsp3) is 0.250. The number of hydrogen-bond acceptors (Lipinski definition) is 7. The first kappa shape index (κ1) is 24.5. The number of carbonyl (C=O) groups excluding carboxylic acids is 1. The lowest BCUT2D eigenvalue weighted by Crippen LogP contribution is -2.33. The molecule has 5 nitrogen and oxygen atoms in total. The number of furan rings is 1. The minimum absolute atomic E-state index is 0.0922. The van der Waals surface area contributed by atoms with Crippen LogP contribution in [0.5, 0.6) is 5.75 Å². The molecule has 39 heavy (non-hydrogen) atoms. The number of nitrogens with one attached hydrogen (secondary N) is 1. The van der Waals surface area contributed by atoms with Gasteiger partial charge in [0.15, 0.2) is 15.2 Å². The maximum atomic E-state index is 13.7. The smallest absolute Gasteiger partial charge is 0.167 e. The number of Topliss-reactive ketones (excluding diaryl/α,β-unsaturated/α-hetero) is 1. The molecule has 0 bridgehead atoms. The van der Waals surface area contributed by atoms with Crippen molar-refractivity contribution in [2.24, 2.45) is 5.41 Å². The van der Waals surface area contributed by atoms with E-state index in [9.17, 15) is 4.79 Å². The first-order valence-corrected chi connectivity index (χ1v) is 14.9. The Labute approximate surface area is 235 Å². The van der Waals surface area contributed by atoms with E-state index in [2.05, 4.69) is 55.6 Å². The molecule has 5 aromatic rings. The SMILES string of the molecule is CCOc1ccc2nc(Sc3ccc([C@@H]4Nc5ccc6ccccc6c5C5=C4C(=O)CC(C)(C)C5)o3)sc2c1. The molecule has 3 heterocycles. The zero-order valence-electron chi connectivity index (χ0n) is 22.0. The van der Waals surface area contributed by atoms with Gasteiger partial charge < -0.3 is 14.5 Å². The number of fused-ring (bicyclic) bond motifs is 5. The Morgan fingerprint density at radius 3 is 2.85 bits per heavy atom. The van der Waals surface area contributed by atoms with Crippen molar-refractivity contribution >= 4 is 61.1 Å². The van der Waals surface area contributed by atoms with E-state index in [0.29, 0.717) is 13.0 Å². The van der Waals surface area contributed by atoms with Gasteiger partial charge in [-0.05, 0) is 83.3 Å². The number of ether oxygens (including phenoxy) is 1. The maximum Gasteiger partial charge on any atom is 0.167 e. The van der Waals surface area contributed by atoms with E-state index in [-0.39, 0.29) is 17.2 Å². The Kier molecular flexibility index (Phi) is 5.83. The second-order valence-electron chi connectivity index (χ2n) is 10.9. The Hall–Kier alpha value is -3.55. The molecule has 7 heteroatoms. The molecule has 1 aliphatic heterocycles. The zero-order valence-corrected chi connectivity index (χ0v) is 23.7. The zero-order chi connectivity index (χ0) is 26.7. The number of anilines is 1. The van der Waals surface area contributed by atoms with Gasteiger partial charge in [-0.15, -0.1) is 11.3 Å². The molecule has 0 spiro atoms. The summed E-state index contributed by atoms with van der Waals surface area (Å²) in [6, 6.07) is 22.3. The van der Waals surface area contributed by atoms with E-state index in [1.54, 1.807) is 11.3 Å². The van der Waals surface area contributed by atoms with Gasteiger partial charge in [0, 0.05) is 23.2 Å². The summed E-state index contributed by atoms with van der Waals surface area (Å²) >= 11 is 3.13. The van der Waals surface area contributed by atoms with Gasteiger partial charge in [0.2, 0.25) is 0 Å². The summed E-state index contributed by atoms with van der Waals surface area (Å²) in [6.45, 7) is 6.99. The average molecular weight is 553 g/mol. The van der Waals surface area contributed by atoms with Crippen LogP contribution in [0.1, 0.15) is 51.0 Å². The van der Waals surface area contributed by atoms with Crippen LogP contribution in [0.4, 0.5) is 5.69 Å². The standard InChI is InChI=1S/C32H28N2O3S2/c1-4-36-19-10-12-22-26(15-19)38-31(34-22)39-27-14-13-25(37-27)30-29-21(16-32(2,3)17-24(29)35)28-20-8-6-5-7-18(20)9-11-23(28)33-30/h5-15,30,33H,4,16-17H2,1-3H3/t30-/m0/s1. The van der Waals surface area contributed by atoms with Gasteiger partial charge >= 0.3 is 0 Å². The Morgan fingerprint density at radius 1 is 1.10 bits per heavy atom. The van der Waals surface area contributed by atoms with Crippen molar-refractivity contribution in [2.75, 3.05) is 11.9 Å². The third kappa shape index (κ3) is 4.34. The number of hydrogen-bond donors (Lipinski definition) is 1. The summed E-state index contributed by atoms with van der Waals surface area (Å²) < 4.78 is 14.0. The summed E-state index contributed by atoms with van der Waals surface area (Å²) in [5.74, 6) is 1.79. The van der Waals surface area contributed by atoms with Crippen LogP contribution in [0.3, 0.4) is 0 Å². The van der Waals surface area contributed by atoms with Crippen LogP contribution in [-0.4, -0.2) is 17.4 Å². The highest BCUT2D eigenvalue weighted by atomic mass is 32.2. The minimum atomic E-state index is -0.323. The summed E-state index contributed by atoms with van der Waals surface area (Å²) in [4.78, 5) is 18.5. The molecule has 196 valence electrons.